The fourth-order valence-electron chi connectivity index (χ4n) is 3.77. The van der Waals surface area contributed by atoms with Crippen LogP contribution in [0, 0.1) is 11.6 Å². The van der Waals surface area contributed by atoms with Gasteiger partial charge in [-0.2, -0.15) is 0 Å². The number of hydrogen-bond acceptors (Lipinski definition) is 6. The van der Waals surface area contributed by atoms with E-state index in [4.69, 9.17) is 9.47 Å². The van der Waals surface area contributed by atoms with Crippen LogP contribution in [0.2, 0.25) is 0 Å². The Morgan fingerprint density at radius 3 is 2.44 bits per heavy atom. The van der Waals surface area contributed by atoms with Crippen molar-refractivity contribution >= 4 is 0 Å². The summed E-state index contributed by atoms with van der Waals surface area (Å²) in [6.45, 7) is 8.74. The number of rotatable bonds is 11. The summed E-state index contributed by atoms with van der Waals surface area (Å²) in [6.07, 6.45) is -0.583. The molecular formula is C24H33F2N3O3. The fraction of sp³-hybridized carbons (Fsp3) is 0.500. The number of benzene rings is 2. The molecular weight excluding hydrogens is 416 g/mol. The number of aliphatic hydroxyl groups excluding tert-OH is 1. The van der Waals surface area contributed by atoms with Gasteiger partial charge in [-0.05, 0) is 30.3 Å². The van der Waals surface area contributed by atoms with Gasteiger partial charge in [0.1, 0.15) is 24.3 Å². The second-order valence-corrected chi connectivity index (χ2v) is 8.02. The van der Waals surface area contributed by atoms with Crippen LogP contribution in [-0.2, 0) is 13.1 Å². The summed E-state index contributed by atoms with van der Waals surface area (Å²) >= 11 is 0. The predicted molar refractivity (Wildman–Crippen MR) is 120 cm³/mol. The lowest BCUT2D eigenvalue weighted by molar-refractivity contribution is 0.0464. The molecule has 0 aliphatic carbocycles. The third-order valence-electron chi connectivity index (χ3n) is 5.70. The number of β-amino-alcohol motifs (C(OH)–C–C–N with tert-alkyl or cyclic N) is 1. The molecule has 1 heterocycles. The third kappa shape index (κ3) is 7.13. The number of hydrogen-bond donors (Lipinski definition) is 2. The van der Waals surface area contributed by atoms with E-state index in [2.05, 4.69) is 22.0 Å². The number of aliphatic hydroxyl groups is 1. The minimum absolute atomic E-state index is 0.186. The van der Waals surface area contributed by atoms with Crippen molar-refractivity contribution in [1.82, 2.24) is 15.1 Å². The van der Waals surface area contributed by atoms with Gasteiger partial charge in [0.15, 0.2) is 11.5 Å². The van der Waals surface area contributed by atoms with Crippen LogP contribution >= 0.6 is 0 Å². The van der Waals surface area contributed by atoms with Gasteiger partial charge in [-0.3, -0.25) is 4.90 Å². The normalized spacial score (nSPS) is 16.2. The Bertz CT molecular complexity index is 860. The summed E-state index contributed by atoms with van der Waals surface area (Å²) in [6, 6.07) is 9.10. The minimum Gasteiger partial charge on any atom is -0.493 e. The molecule has 1 fully saturated rings. The zero-order valence-corrected chi connectivity index (χ0v) is 18.8. The summed E-state index contributed by atoms with van der Waals surface area (Å²) in [5.41, 5.74) is 1.34. The highest BCUT2D eigenvalue weighted by atomic mass is 19.1. The van der Waals surface area contributed by atoms with Crippen molar-refractivity contribution in [2.24, 2.45) is 0 Å². The lowest BCUT2D eigenvalue weighted by Crippen LogP contribution is -2.49. The molecule has 0 saturated carbocycles. The number of halogens is 2. The molecule has 32 heavy (non-hydrogen) atoms. The second kappa shape index (κ2) is 12.1. The first kappa shape index (κ1) is 24.4. The van der Waals surface area contributed by atoms with Crippen LogP contribution in [0.5, 0.6) is 11.5 Å². The lowest BCUT2D eigenvalue weighted by Gasteiger charge is -2.34. The highest BCUT2D eigenvalue weighted by molar-refractivity contribution is 5.43. The van der Waals surface area contributed by atoms with Gasteiger partial charge in [0, 0.05) is 57.4 Å². The van der Waals surface area contributed by atoms with Crippen LogP contribution in [0.25, 0.3) is 0 Å². The Kier molecular flexibility index (Phi) is 9.23. The molecule has 6 nitrogen and oxygen atoms in total. The largest absolute Gasteiger partial charge is 0.493 e. The smallest absolute Gasteiger partial charge is 0.161 e. The Labute approximate surface area is 188 Å². The van der Waals surface area contributed by atoms with Gasteiger partial charge in [0.2, 0.25) is 0 Å². The molecule has 1 atom stereocenters. The molecule has 1 aliphatic rings. The van der Waals surface area contributed by atoms with E-state index in [1.807, 2.05) is 12.1 Å². The van der Waals surface area contributed by atoms with E-state index in [1.54, 1.807) is 13.2 Å². The lowest BCUT2D eigenvalue weighted by atomic mass is 10.1. The standard InChI is InChI=1S/C24H33F2N3O3/c1-3-28-8-10-29(11-9-28)16-21(30)17-32-23-7-4-18(12-24(23)31-2)14-27-15-19-5-6-20(25)13-22(19)26/h4-7,12-13,21,27,30H,3,8-11,14-17H2,1-2H3. The maximum absolute atomic E-state index is 13.7. The molecule has 176 valence electrons. The van der Waals surface area contributed by atoms with Crippen molar-refractivity contribution in [3.8, 4) is 11.5 Å². The van der Waals surface area contributed by atoms with E-state index >= 15 is 0 Å². The maximum atomic E-state index is 13.7. The van der Waals surface area contributed by atoms with Crippen LogP contribution in [0.3, 0.4) is 0 Å². The van der Waals surface area contributed by atoms with E-state index in [9.17, 15) is 13.9 Å². The molecule has 2 N–H and O–H groups in total. The summed E-state index contributed by atoms with van der Waals surface area (Å²) in [7, 11) is 1.57. The van der Waals surface area contributed by atoms with Gasteiger partial charge >= 0.3 is 0 Å². The van der Waals surface area contributed by atoms with E-state index < -0.39 is 17.7 Å². The first-order chi connectivity index (χ1) is 15.5. The Hall–Kier alpha value is -2.26. The molecule has 1 aliphatic heterocycles. The van der Waals surface area contributed by atoms with E-state index in [0.29, 0.717) is 30.2 Å². The minimum atomic E-state index is -0.587. The van der Waals surface area contributed by atoms with E-state index in [1.165, 1.54) is 12.1 Å². The monoisotopic (exact) mass is 449 g/mol. The van der Waals surface area contributed by atoms with Crippen molar-refractivity contribution in [3.63, 3.8) is 0 Å². The quantitative estimate of drug-likeness (QED) is 0.550. The van der Waals surface area contributed by atoms with Gasteiger partial charge in [-0.25, -0.2) is 8.78 Å². The number of ether oxygens (including phenoxy) is 2. The molecule has 1 unspecified atom stereocenters. The zero-order chi connectivity index (χ0) is 22.9. The topological polar surface area (TPSA) is 57.2 Å². The molecule has 8 heteroatoms. The van der Waals surface area contributed by atoms with Crippen molar-refractivity contribution in [1.29, 1.82) is 0 Å². The molecule has 0 radical (unpaired) electrons. The number of piperazine rings is 1. The van der Waals surface area contributed by atoms with Gasteiger partial charge < -0.3 is 24.8 Å². The first-order valence-electron chi connectivity index (χ1n) is 11.1. The number of likely N-dealkylation sites (N-methyl/N-ethyl adjacent to an activating group) is 1. The number of nitrogens with one attached hydrogen (secondary N) is 1. The predicted octanol–water partition coefficient (Wildman–Crippen LogP) is 2.64. The molecule has 2 aromatic carbocycles. The maximum Gasteiger partial charge on any atom is 0.161 e. The van der Waals surface area contributed by atoms with Crippen LogP contribution < -0.4 is 14.8 Å². The van der Waals surface area contributed by atoms with Crippen LogP contribution in [0.1, 0.15) is 18.1 Å². The van der Waals surface area contributed by atoms with Gasteiger partial charge in [0.05, 0.1) is 7.11 Å². The summed E-state index contributed by atoms with van der Waals surface area (Å²) < 4.78 is 38.0. The molecule has 0 bridgehead atoms. The SMILES string of the molecule is CCN1CCN(CC(O)COc2ccc(CNCc3ccc(F)cc3F)cc2OC)CC1. The summed E-state index contributed by atoms with van der Waals surface area (Å²) in [5, 5.41) is 13.5. The summed E-state index contributed by atoms with van der Waals surface area (Å²) in [4.78, 5) is 4.66. The van der Waals surface area contributed by atoms with Gasteiger partial charge in [0.25, 0.3) is 0 Å². The highest BCUT2D eigenvalue weighted by Gasteiger charge is 2.19. The third-order valence-corrected chi connectivity index (χ3v) is 5.70. The average Bonchev–Trinajstić information content (AvgIpc) is 2.80. The van der Waals surface area contributed by atoms with Crippen LogP contribution in [-0.4, -0.2) is 74.0 Å². The van der Waals surface area contributed by atoms with Crippen molar-refractivity contribution in [2.45, 2.75) is 26.1 Å². The second-order valence-electron chi connectivity index (χ2n) is 8.02. The van der Waals surface area contributed by atoms with Crippen LogP contribution in [0.4, 0.5) is 8.78 Å². The highest BCUT2D eigenvalue weighted by Crippen LogP contribution is 2.28. The molecule has 0 spiro atoms. The van der Waals surface area contributed by atoms with Crippen molar-refractivity contribution < 1.29 is 23.4 Å². The van der Waals surface area contributed by atoms with E-state index in [-0.39, 0.29) is 13.2 Å². The molecule has 1 saturated heterocycles. The first-order valence-corrected chi connectivity index (χ1v) is 11.1. The molecule has 3 rings (SSSR count). The Balaban J connectivity index is 1.46. The Morgan fingerprint density at radius 1 is 1.00 bits per heavy atom. The van der Waals surface area contributed by atoms with Crippen molar-refractivity contribution in [3.05, 3.63) is 59.2 Å². The van der Waals surface area contributed by atoms with Gasteiger partial charge in [-0.1, -0.05) is 19.1 Å². The molecule has 2 aromatic rings. The van der Waals surface area contributed by atoms with Crippen molar-refractivity contribution in [2.75, 3.05) is 53.0 Å². The zero-order valence-electron chi connectivity index (χ0n) is 18.8. The average molecular weight is 450 g/mol. The number of methoxy groups -OCH3 is 1. The number of nitrogens with zero attached hydrogens (tertiary/aromatic N) is 2. The van der Waals surface area contributed by atoms with Crippen LogP contribution in [0.15, 0.2) is 36.4 Å². The molecule has 0 aromatic heterocycles. The summed E-state index contributed by atoms with van der Waals surface area (Å²) in [5.74, 6) is -0.0166. The fourth-order valence-corrected chi connectivity index (χ4v) is 3.77. The molecule has 0 amide bonds. The van der Waals surface area contributed by atoms with E-state index in [0.717, 1.165) is 44.4 Å². The van der Waals surface area contributed by atoms with Gasteiger partial charge in [-0.15, -0.1) is 0 Å². The Morgan fingerprint density at radius 2 is 1.75 bits per heavy atom.